The number of aromatic nitrogens is 3. The standard InChI is InChI=1S/C21H21F3N4O2/c1-11(14-8-12-4-5-13(14)7-12)25-20(29)16-10-19-26-15(17-3-2-6-30-17)9-18(21(22,23)24)28(19)27-16/h2-3,6,9-14H,4-5,7-8H2,1H3,(H,25,29). The van der Waals surface area contributed by atoms with Gasteiger partial charge in [0.05, 0.1) is 6.26 Å². The summed E-state index contributed by atoms with van der Waals surface area (Å²) < 4.78 is 46.7. The van der Waals surface area contributed by atoms with Gasteiger partial charge in [0.1, 0.15) is 5.69 Å². The maximum atomic E-state index is 13.6. The molecule has 0 spiro atoms. The summed E-state index contributed by atoms with van der Waals surface area (Å²) in [6.45, 7) is 1.97. The van der Waals surface area contributed by atoms with Crippen LogP contribution in [0.1, 0.15) is 48.8 Å². The van der Waals surface area contributed by atoms with Gasteiger partial charge in [0.15, 0.2) is 22.8 Å². The first-order chi connectivity index (χ1) is 14.3. The highest BCUT2D eigenvalue weighted by molar-refractivity contribution is 5.93. The molecule has 3 aromatic rings. The molecule has 0 saturated heterocycles. The number of halogens is 3. The topological polar surface area (TPSA) is 72.4 Å². The van der Waals surface area contributed by atoms with Gasteiger partial charge in [-0.3, -0.25) is 4.79 Å². The summed E-state index contributed by atoms with van der Waals surface area (Å²) >= 11 is 0. The largest absolute Gasteiger partial charge is 0.463 e. The highest BCUT2D eigenvalue weighted by Crippen LogP contribution is 2.49. The Kier molecular flexibility index (Phi) is 4.37. The van der Waals surface area contributed by atoms with Crippen molar-refractivity contribution in [3.63, 3.8) is 0 Å². The molecule has 4 unspecified atom stereocenters. The quantitative estimate of drug-likeness (QED) is 0.674. The molecule has 5 rings (SSSR count). The van der Waals surface area contributed by atoms with Crippen molar-refractivity contribution < 1.29 is 22.4 Å². The zero-order chi connectivity index (χ0) is 21.0. The molecule has 2 fully saturated rings. The van der Waals surface area contributed by atoms with Crippen molar-refractivity contribution in [3.05, 3.63) is 41.9 Å². The SMILES string of the molecule is CC(NC(=O)c1cc2nc(-c3ccco3)cc(C(F)(F)F)n2n1)C1CC2CCC1C2. The lowest BCUT2D eigenvalue weighted by atomic mass is 9.84. The molecule has 1 N–H and O–H groups in total. The number of fused-ring (bicyclic) bond motifs is 3. The van der Waals surface area contributed by atoms with Gasteiger partial charge in [-0.05, 0) is 62.1 Å². The molecule has 6 nitrogen and oxygen atoms in total. The molecule has 3 heterocycles. The van der Waals surface area contributed by atoms with Crippen LogP contribution in [0.5, 0.6) is 0 Å². The molecule has 0 aliphatic heterocycles. The van der Waals surface area contributed by atoms with E-state index in [1.54, 1.807) is 6.07 Å². The number of amides is 1. The van der Waals surface area contributed by atoms with Crippen LogP contribution in [0.25, 0.3) is 17.1 Å². The van der Waals surface area contributed by atoms with Crippen LogP contribution < -0.4 is 5.32 Å². The molecule has 0 aromatic carbocycles. The van der Waals surface area contributed by atoms with Gasteiger partial charge in [0, 0.05) is 12.1 Å². The Labute approximate surface area is 170 Å². The van der Waals surface area contributed by atoms with Crippen LogP contribution in [0, 0.1) is 17.8 Å². The average Bonchev–Trinajstić information content (AvgIpc) is 3.49. The van der Waals surface area contributed by atoms with E-state index in [4.69, 9.17) is 4.42 Å². The van der Waals surface area contributed by atoms with Gasteiger partial charge in [-0.15, -0.1) is 0 Å². The van der Waals surface area contributed by atoms with E-state index in [-0.39, 0.29) is 28.8 Å². The van der Waals surface area contributed by atoms with E-state index in [2.05, 4.69) is 15.4 Å². The van der Waals surface area contributed by atoms with E-state index in [1.807, 2.05) is 6.92 Å². The zero-order valence-electron chi connectivity index (χ0n) is 16.3. The number of hydrogen-bond donors (Lipinski definition) is 1. The van der Waals surface area contributed by atoms with E-state index in [0.29, 0.717) is 16.4 Å². The number of nitrogens with zero attached hydrogens (tertiary/aromatic N) is 3. The second-order valence-corrected chi connectivity index (χ2v) is 8.40. The summed E-state index contributed by atoms with van der Waals surface area (Å²) in [4.78, 5) is 17.0. The van der Waals surface area contributed by atoms with Crippen LogP contribution >= 0.6 is 0 Å². The molecular formula is C21H21F3N4O2. The molecule has 158 valence electrons. The van der Waals surface area contributed by atoms with E-state index in [9.17, 15) is 18.0 Å². The monoisotopic (exact) mass is 418 g/mol. The number of carbonyl (C=O) groups is 1. The van der Waals surface area contributed by atoms with E-state index in [1.165, 1.54) is 37.7 Å². The lowest BCUT2D eigenvalue weighted by Crippen LogP contribution is -2.40. The van der Waals surface area contributed by atoms with Crippen LogP contribution in [0.15, 0.2) is 34.9 Å². The number of nitrogens with one attached hydrogen (secondary N) is 1. The summed E-state index contributed by atoms with van der Waals surface area (Å²) in [7, 11) is 0. The molecule has 2 aliphatic carbocycles. The van der Waals surface area contributed by atoms with E-state index in [0.717, 1.165) is 18.4 Å². The Morgan fingerprint density at radius 3 is 2.77 bits per heavy atom. The Hall–Kier alpha value is -2.84. The number of rotatable bonds is 4. The van der Waals surface area contributed by atoms with Gasteiger partial charge >= 0.3 is 6.18 Å². The number of alkyl halides is 3. The first-order valence-electron chi connectivity index (χ1n) is 10.1. The third-order valence-electron chi connectivity index (χ3n) is 6.52. The maximum absolute atomic E-state index is 13.6. The normalized spacial score (nSPS) is 24.5. The van der Waals surface area contributed by atoms with Crippen molar-refractivity contribution in [3.8, 4) is 11.5 Å². The van der Waals surface area contributed by atoms with Crippen molar-refractivity contribution in [1.82, 2.24) is 19.9 Å². The summed E-state index contributed by atoms with van der Waals surface area (Å²) in [6.07, 6.45) is 1.47. The highest BCUT2D eigenvalue weighted by Gasteiger charge is 2.42. The van der Waals surface area contributed by atoms with E-state index < -0.39 is 17.8 Å². The third kappa shape index (κ3) is 3.26. The third-order valence-corrected chi connectivity index (χ3v) is 6.52. The Balaban J connectivity index is 1.45. The molecular weight excluding hydrogens is 397 g/mol. The fourth-order valence-corrected chi connectivity index (χ4v) is 5.13. The van der Waals surface area contributed by atoms with Crippen LogP contribution in [0.4, 0.5) is 13.2 Å². The lowest BCUT2D eigenvalue weighted by molar-refractivity contribution is -0.142. The fourth-order valence-electron chi connectivity index (χ4n) is 5.13. The summed E-state index contributed by atoms with van der Waals surface area (Å²) in [5.41, 5.74) is -1.13. The van der Waals surface area contributed by atoms with Crippen LogP contribution in [-0.4, -0.2) is 26.5 Å². The zero-order valence-corrected chi connectivity index (χ0v) is 16.3. The van der Waals surface area contributed by atoms with Gasteiger partial charge in [-0.1, -0.05) is 6.42 Å². The van der Waals surface area contributed by atoms with Crippen LogP contribution in [-0.2, 0) is 6.18 Å². The van der Waals surface area contributed by atoms with E-state index >= 15 is 0 Å². The van der Waals surface area contributed by atoms with Crippen molar-refractivity contribution in [1.29, 1.82) is 0 Å². The minimum absolute atomic E-state index is 0.0297. The van der Waals surface area contributed by atoms with Gasteiger partial charge < -0.3 is 9.73 Å². The lowest BCUT2D eigenvalue weighted by Gasteiger charge is -2.28. The minimum Gasteiger partial charge on any atom is -0.463 e. The second kappa shape index (κ2) is 6.85. The number of carbonyl (C=O) groups excluding carboxylic acids is 1. The van der Waals surface area contributed by atoms with Crippen LogP contribution in [0.2, 0.25) is 0 Å². The highest BCUT2D eigenvalue weighted by atomic mass is 19.4. The van der Waals surface area contributed by atoms with Gasteiger partial charge in [0.2, 0.25) is 0 Å². The van der Waals surface area contributed by atoms with Crippen molar-refractivity contribution in [2.24, 2.45) is 17.8 Å². The first-order valence-corrected chi connectivity index (χ1v) is 10.1. The van der Waals surface area contributed by atoms with Crippen LogP contribution in [0.3, 0.4) is 0 Å². The van der Waals surface area contributed by atoms with Gasteiger partial charge in [-0.25, -0.2) is 9.50 Å². The Bertz CT molecular complexity index is 1090. The molecule has 9 heteroatoms. The Morgan fingerprint density at radius 1 is 1.30 bits per heavy atom. The second-order valence-electron chi connectivity index (χ2n) is 8.40. The average molecular weight is 418 g/mol. The molecule has 4 atom stereocenters. The summed E-state index contributed by atoms with van der Waals surface area (Å²) in [6, 6.07) is 5.20. The smallest absolute Gasteiger partial charge is 0.433 e. The van der Waals surface area contributed by atoms with Crippen molar-refractivity contribution in [2.45, 2.75) is 44.8 Å². The summed E-state index contributed by atoms with van der Waals surface area (Å²) in [5.74, 6) is 1.51. The maximum Gasteiger partial charge on any atom is 0.433 e. The predicted molar refractivity (Wildman–Crippen MR) is 102 cm³/mol. The molecule has 2 aliphatic rings. The van der Waals surface area contributed by atoms with Crippen molar-refractivity contribution >= 4 is 11.6 Å². The number of hydrogen-bond acceptors (Lipinski definition) is 4. The first kappa shape index (κ1) is 19.1. The van der Waals surface area contributed by atoms with Crippen molar-refractivity contribution in [2.75, 3.05) is 0 Å². The Morgan fingerprint density at radius 2 is 2.13 bits per heavy atom. The van der Waals surface area contributed by atoms with Gasteiger partial charge in [-0.2, -0.15) is 18.3 Å². The predicted octanol–water partition coefficient (Wildman–Crippen LogP) is 4.56. The minimum atomic E-state index is -4.67. The molecule has 1 amide bonds. The van der Waals surface area contributed by atoms with Gasteiger partial charge in [0.25, 0.3) is 5.91 Å². The fraction of sp³-hybridized carbons (Fsp3) is 0.476. The number of furan rings is 1. The molecule has 2 saturated carbocycles. The summed E-state index contributed by atoms with van der Waals surface area (Å²) in [5, 5.41) is 6.86. The molecule has 2 bridgehead atoms. The molecule has 30 heavy (non-hydrogen) atoms. The molecule has 0 radical (unpaired) electrons. The molecule has 3 aromatic heterocycles.